The topological polar surface area (TPSA) is 21.3 Å². The zero-order chi connectivity index (χ0) is 12.0. The largest absolute Gasteiger partial charge is 0.302 e. The molecule has 0 saturated carbocycles. The van der Waals surface area contributed by atoms with Gasteiger partial charge in [-0.3, -0.25) is 0 Å². The van der Waals surface area contributed by atoms with Crippen LogP contribution < -0.4 is 5.48 Å². The summed E-state index contributed by atoms with van der Waals surface area (Å²) in [6.45, 7) is 9.39. The van der Waals surface area contributed by atoms with Gasteiger partial charge in [-0.2, -0.15) is 5.48 Å². The van der Waals surface area contributed by atoms with E-state index >= 15 is 0 Å². The van der Waals surface area contributed by atoms with E-state index in [-0.39, 0.29) is 5.41 Å². The van der Waals surface area contributed by atoms with Crippen molar-refractivity contribution in [1.29, 1.82) is 0 Å². The molecule has 0 aliphatic carbocycles. The fourth-order valence-electron chi connectivity index (χ4n) is 2.04. The molecule has 0 amide bonds. The lowest BCUT2D eigenvalue weighted by atomic mass is 9.79. The summed E-state index contributed by atoms with van der Waals surface area (Å²) < 4.78 is 0. The summed E-state index contributed by atoms with van der Waals surface area (Å²) in [4.78, 5) is 5.23. The highest BCUT2D eigenvalue weighted by Crippen LogP contribution is 2.27. The molecule has 1 rings (SSSR count). The monoisotopic (exact) mass is 221 g/mol. The molecule has 2 heteroatoms. The normalized spacial score (nSPS) is 13.8. The Morgan fingerprint density at radius 1 is 1.25 bits per heavy atom. The molecule has 0 aliphatic rings. The fourth-order valence-corrected chi connectivity index (χ4v) is 2.04. The number of hydrogen-bond donors (Lipinski definition) is 1. The molecule has 1 atom stereocenters. The van der Waals surface area contributed by atoms with Gasteiger partial charge in [0.25, 0.3) is 0 Å². The Labute approximate surface area is 99.0 Å². The maximum atomic E-state index is 5.23. The molecule has 1 N–H and O–H groups in total. The van der Waals surface area contributed by atoms with Gasteiger partial charge in [-0.05, 0) is 31.2 Å². The number of hydroxylamine groups is 1. The van der Waals surface area contributed by atoms with Crippen molar-refractivity contribution in [2.24, 2.45) is 0 Å². The lowest BCUT2D eigenvalue weighted by molar-refractivity contribution is 0.0224. The van der Waals surface area contributed by atoms with Gasteiger partial charge in [0.1, 0.15) is 0 Å². The molecule has 0 fully saturated rings. The summed E-state index contributed by atoms with van der Waals surface area (Å²) in [5.41, 5.74) is 4.60. The number of nitrogens with one attached hydrogen (secondary N) is 1. The van der Waals surface area contributed by atoms with E-state index in [0.717, 1.165) is 6.42 Å². The Bertz CT molecular complexity index is 295. The third-order valence-corrected chi connectivity index (χ3v) is 2.80. The van der Waals surface area contributed by atoms with Crippen LogP contribution in [-0.2, 0) is 10.3 Å². The highest BCUT2D eigenvalue weighted by molar-refractivity contribution is 5.23. The van der Waals surface area contributed by atoms with Gasteiger partial charge >= 0.3 is 0 Å². The minimum absolute atomic E-state index is 0.171. The Morgan fingerprint density at radius 2 is 1.88 bits per heavy atom. The fraction of sp³-hybridized carbons (Fsp3) is 0.571. The van der Waals surface area contributed by atoms with Gasteiger partial charge in [-0.1, -0.05) is 44.2 Å². The molecule has 1 aromatic rings. The second kappa shape index (κ2) is 6.02. The van der Waals surface area contributed by atoms with Crippen LogP contribution in [0, 0.1) is 0 Å². The summed E-state index contributed by atoms with van der Waals surface area (Å²) >= 11 is 0. The Balaban J connectivity index is 2.58. The first kappa shape index (κ1) is 13.2. The van der Waals surface area contributed by atoms with E-state index in [1.807, 2.05) is 6.92 Å². The minimum Gasteiger partial charge on any atom is -0.302 e. The van der Waals surface area contributed by atoms with Crippen LogP contribution in [0.25, 0.3) is 0 Å². The highest BCUT2D eigenvalue weighted by atomic mass is 16.6. The van der Waals surface area contributed by atoms with E-state index in [0.29, 0.717) is 12.6 Å². The van der Waals surface area contributed by atoms with Crippen molar-refractivity contribution in [2.75, 3.05) is 6.61 Å². The van der Waals surface area contributed by atoms with Crippen molar-refractivity contribution >= 4 is 0 Å². The van der Waals surface area contributed by atoms with Gasteiger partial charge in [0.2, 0.25) is 0 Å². The molecule has 0 radical (unpaired) electrons. The lowest BCUT2D eigenvalue weighted by Gasteiger charge is -2.28. The average molecular weight is 221 g/mol. The van der Waals surface area contributed by atoms with E-state index in [4.69, 9.17) is 4.84 Å². The van der Waals surface area contributed by atoms with Crippen LogP contribution in [0.3, 0.4) is 0 Å². The molecule has 90 valence electrons. The van der Waals surface area contributed by atoms with E-state index in [2.05, 4.69) is 56.6 Å². The van der Waals surface area contributed by atoms with Gasteiger partial charge in [-0.15, -0.1) is 0 Å². The molecule has 1 aromatic carbocycles. The van der Waals surface area contributed by atoms with Crippen LogP contribution >= 0.6 is 0 Å². The third kappa shape index (κ3) is 3.95. The molecule has 0 aromatic heterocycles. The third-order valence-electron chi connectivity index (χ3n) is 2.80. The van der Waals surface area contributed by atoms with Crippen molar-refractivity contribution in [3.05, 3.63) is 35.9 Å². The molecule has 0 heterocycles. The summed E-state index contributed by atoms with van der Waals surface area (Å²) in [7, 11) is 0. The highest BCUT2D eigenvalue weighted by Gasteiger charge is 2.22. The zero-order valence-corrected chi connectivity index (χ0v) is 10.8. The minimum atomic E-state index is 0.171. The quantitative estimate of drug-likeness (QED) is 0.744. The molecule has 0 spiro atoms. The van der Waals surface area contributed by atoms with Crippen molar-refractivity contribution in [3.8, 4) is 0 Å². The van der Waals surface area contributed by atoms with Crippen LogP contribution in [0.1, 0.15) is 39.7 Å². The molecule has 2 nitrogen and oxygen atoms in total. The average Bonchev–Trinajstić information content (AvgIpc) is 2.27. The first-order valence-corrected chi connectivity index (χ1v) is 5.99. The number of benzene rings is 1. The van der Waals surface area contributed by atoms with E-state index in [1.54, 1.807) is 0 Å². The van der Waals surface area contributed by atoms with Crippen LogP contribution in [0.15, 0.2) is 30.3 Å². The molecule has 0 saturated heterocycles. The van der Waals surface area contributed by atoms with Crippen molar-refractivity contribution in [1.82, 2.24) is 5.48 Å². The number of rotatable bonds is 6. The van der Waals surface area contributed by atoms with Crippen LogP contribution in [0.4, 0.5) is 0 Å². The van der Waals surface area contributed by atoms with Crippen LogP contribution in [0.5, 0.6) is 0 Å². The lowest BCUT2D eigenvalue weighted by Crippen LogP contribution is -2.33. The second-order valence-electron chi connectivity index (χ2n) is 4.91. The maximum absolute atomic E-state index is 5.23. The SMILES string of the molecule is CCONC(C)CC(C)(C)c1ccccc1. The molecule has 0 bridgehead atoms. The van der Waals surface area contributed by atoms with Crippen molar-refractivity contribution < 1.29 is 4.84 Å². The van der Waals surface area contributed by atoms with Gasteiger partial charge < -0.3 is 4.84 Å². The Kier molecular flexibility index (Phi) is 4.97. The number of hydrogen-bond acceptors (Lipinski definition) is 2. The standard InChI is InChI=1S/C14H23NO/c1-5-16-15-12(2)11-14(3,4)13-9-7-6-8-10-13/h6-10,12,15H,5,11H2,1-4H3. The van der Waals surface area contributed by atoms with Gasteiger partial charge in [0.05, 0.1) is 6.61 Å². The predicted octanol–water partition coefficient (Wildman–Crippen LogP) is 3.28. The smallest absolute Gasteiger partial charge is 0.0654 e. The summed E-state index contributed by atoms with van der Waals surface area (Å²) in [5, 5.41) is 0. The Hall–Kier alpha value is -0.860. The molecule has 16 heavy (non-hydrogen) atoms. The maximum Gasteiger partial charge on any atom is 0.0654 e. The van der Waals surface area contributed by atoms with Gasteiger partial charge in [0.15, 0.2) is 0 Å². The van der Waals surface area contributed by atoms with Gasteiger partial charge in [-0.25, -0.2) is 0 Å². The Morgan fingerprint density at radius 3 is 2.44 bits per heavy atom. The molecule has 0 aliphatic heterocycles. The second-order valence-corrected chi connectivity index (χ2v) is 4.91. The molecular formula is C14H23NO. The van der Waals surface area contributed by atoms with Crippen molar-refractivity contribution in [2.45, 2.75) is 45.6 Å². The van der Waals surface area contributed by atoms with E-state index in [9.17, 15) is 0 Å². The summed E-state index contributed by atoms with van der Waals surface area (Å²) in [5.74, 6) is 0. The van der Waals surface area contributed by atoms with Crippen molar-refractivity contribution in [3.63, 3.8) is 0 Å². The molecule has 1 unspecified atom stereocenters. The van der Waals surface area contributed by atoms with E-state index in [1.165, 1.54) is 5.56 Å². The zero-order valence-electron chi connectivity index (χ0n) is 10.8. The first-order chi connectivity index (χ1) is 7.56. The predicted molar refractivity (Wildman–Crippen MR) is 68.3 cm³/mol. The van der Waals surface area contributed by atoms with Gasteiger partial charge in [0, 0.05) is 6.04 Å². The van der Waals surface area contributed by atoms with Crippen LogP contribution in [0.2, 0.25) is 0 Å². The van der Waals surface area contributed by atoms with Crippen LogP contribution in [-0.4, -0.2) is 12.6 Å². The first-order valence-electron chi connectivity index (χ1n) is 5.99. The summed E-state index contributed by atoms with van der Waals surface area (Å²) in [6, 6.07) is 11.0. The molecular weight excluding hydrogens is 198 g/mol. The summed E-state index contributed by atoms with van der Waals surface area (Å²) in [6.07, 6.45) is 1.05. The van der Waals surface area contributed by atoms with E-state index < -0.39 is 0 Å².